The number of carbonyl (C=O) groups is 1. The second kappa shape index (κ2) is 7.18. The molecule has 1 aromatic heterocycles. The average molecular weight is 272 g/mol. The van der Waals surface area contributed by atoms with Gasteiger partial charge < -0.3 is 15.7 Å². The highest BCUT2D eigenvalue weighted by Gasteiger charge is 2.15. The van der Waals surface area contributed by atoms with Crippen LogP contribution >= 0.6 is 12.4 Å². The summed E-state index contributed by atoms with van der Waals surface area (Å²) in [4.78, 5) is 15.5. The SMILES string of the molecule is Cl.O=C(NCCC1CCNC1)c1ncccc1O. The molecule has 1 aliphatic heterocycles. The Morgan fingerprint density at radius 1 is 1.61 bits per heavy atom. The first-order chi connectivity index (χ1) is 8.27. The van der Waals surface area contributed by atoms with Gasteiger partial charge in [0.1, 0.15) is 5.75 Å². The van der Waals surface area contributed by atoms with E-state index in [-0.39, 0.29) is 29.8 Å². The highest BCUT2D eigenvalue weighted by molar-refractivity contribution is 5.94. The zero-order valence-electron chi connectivity index (χ0n) is 10.1. The largest absolute Gasteiger partial charge is 0.505 e. The van der Waals surface area contributed by atoms with E-state index in [0.717, 1.165) is 19.5 Å². The maximum absolute atomic E-state index is 11.7. The van der Waals surface area contributed by atoms with Crippen LogP contribution in [0.15, 0.2) is 18.3 Å². The number of carbonyl (C=O) groups excluding carboxylic acids is 1. The van der Waals surface area contributed by atoms with Gasteiger partial charge in [-0.25, -0.2) is 4.98 Å². The van der Waals surface area contributed by atoms with Crippen LogP contribution in [0.25, 0.3) is 0 Å². The van der Waals surface area contributed by atoms with Gasteiger partial charge in [-0.15, -0.1) is 12.4 Å². The molecule has 2 rings (SSSR count). The summed E-state index contributed by atoms with van der Waals surface area (Å²) < 4.78 is 0. The van der Waals surface area contributed by atoms with Crippen molar-refractivity contribution in [2.24, 2.45) is 5.92 Å². The predicted octanol–water partition coefficient (Wildman–Crippen LogP) is 0.938. The van der Waals surface area contributed by atoms with Crippen molar-refractivity contribution in [3.05, 3.63) is 24.0 Å². The van der Waals surface area contributed by atoms with Crippen LogP contribution in [0.2, 0.25) is 0 Å². The average Bonchev–Trinajstić information content (AvgIpc) is 2.82. The molecule has 0 aliphatic carbocycles. The molecule has 100 valence electrons. The van der Waals surface area contributed by atoms with Gasteiger partial charge in [0.25, 0.3) is 5.91 Å². The van der Waals surface area contributed by atoms with E-state index in [4.69, 9.17) is 0 Å². The molecule has 1 fully saturated rings. The minimum absolute atomic E-state index is 0. The third kappa shape index (κ3) is 3.85. The fourth-order valence-electron chi connectivity index (χ4n) is 2.01. The smallest absolute Gasteiger partial charge is 0.273 e. The molecule has 0 spiro atoms. The number of nitrogens with one attached hydrogen (secondary N) is 2. The van der Waals surface area contributed by atoms with Gasteiger partial charge in [-0.3, -0.25) is 4.79 Å². The number of halogens is 1. The molecular weight excluding hydrogens is 254 g/mol. The van der Waals surface area contributed by atoms with E-state index < -0.39 is 0 Å². The molecule has 3 N–H and O–H groups in total. The van der Waals surface area contributed by atoms with Crippen LogP contribution in [0.3, 0.4) is 0 Å². The van der Waals surface area contributed by atoms with Crippen molar-refractivity contribution in [1.82, 2.24) is 15.6 Å². The number of amides is 1. The van der Waals surface area contributed by atoms with E-state index in [2.05, 4.69) is 15.6 Å². The fourth-order valence-corrected chi connectivity index (χ4v) is 2.01. The predicted molar refractivity (Wildman–Crippen MR) is 71.1 cm³/mol. The standard InChI is InChI=1S/C12H17N3O2.ClH/c16-10-2-1-5-14-11(10)12(17)15-7-4-9-3-6-13-8-9;/h1-2,5,9,13,16H,3-4,6-8H2,(H,15,17);1H. The molecule has 0 aromatic carbocycles. The van der Waals surface area contributed by atoms with Gasteiger partial charge in [0.05, 0.1) is 0 Å². The van der Waals surface area contributed by atoms with Crippen LogP contribution in [-0.2, 0) is 0 Å². The molecule has 0 radical (unpaired) electrons. The Morgan fingerprint density at radius 3 is 3.11 bits per heavy atom. The van der Waals surface area contributed by atoms with Crippen molar-refractivity contribution in [3.8, 4) is 5.75 Å². The van der Waals surface area contributed by atoms with Gasteiger partial charge >= 0.3 is 0 Å². The first-order valence-electron chi connectivity index (χ1n) is 5.90. The number of rotatable bonds is 4. The zero-order chi connectivity index (χ0) is 12.1. The van der Waals surface area contributed by atoms with Crippen molar-refractivity contribution in [2.45, 2.75) is 12.8 Å². The van der Waals surface area contributed by atoms with Crippen molar-refractivity contribution >= 4 is 18.3 Å². The number of nitrogens with zero attached hydrogens (tertiary/aromatic N) is 1. The van der Waals surface area contributed by atoms with Crippen LogP contribution in [0, 0.1) is 5.92 Å². The third-order valence-electron chi connectivity index (χ3n) is 3.00. The van der Waals surface area contributed by atoms with Crippen molar-refractivity contribution < 1.29 is 9.90 Å². The zero-order valence-corrected chi connectivity index (χ0v) is 10.9. The molecule has 0 saturated carbocycles. The number of pyridine rings is 1. The van der Waals surface area contributed by atoms with Crippen LogP contribution in [0.5, 0.6) is 5.75 Å². The number of aromatic nitrogens is 1. The van der Waals surface area contributed by atoms with Gasteiger partial charge in [0.15, 0.2) is 5.69 Å². The van der Waals surface area contributed by atoms with E-state index in [1.807, 2.05) is 0 Å². The lowest BCUT2D eigenvalue weighted by Crippen LogP contribution is -2.27. The Bertz CT molecular complexity index is 395. The molecule has 1 amide bonds. The lowest BCUT2D eigenvalue weighted by atomic mass is 10.1. The van der Waals surface area contributed by atoms with E-state index in [9.17, 15) is 9.90 Å². The molecule has 5 nitrogen and oxygen atoms in total. The maximum atomic E-state index is 11.7. The number of hydrogen-bond acceptors (Lipinski definition) is 4. The summed E-state index contributed by atoms with van der Waals surface area (Å²) in [5, 5.41) is 15.5. The lowest BCUT2D eigenvalue weighted by molar-refractivity contribution is 0.0943. The second-order valence-electron chi connectivity index (χ2n) is 4.27. The first kappa shape index (κ1) is 14.7. The summed E-state index contributed by atoms with van der Waals surface area (Å²) in [6.45, 7) is 2.73. The highest BCUT2D eigenvalue weighted by Crippen LogP contribution is 2.13. The fraction of sp³-hybridized carbons (Fsp3) is 0.500. The van der Waals surface area contributed by atoms with Crippen LogP contribution < -0.4 is 10.6 Å². The van der Waals surface area contributed by atoms with Crippen molar-refractivity contribution in [1.29, 1.82) is 0 Å². The summed E-state index contributed by atoms with van der Waals surface area (Å²) in [7, 11) is 0. The van der Waals surface area contributed by atoms with Gasteiger partial charge in [-0.2, -0.15) is 0 Å². The molecule has 1 aliphatic rings. The van der Waals surface area contributed by atoms with E-state index in [1.165, 1.54) is 18.7 Å². The van der Waals surface area contributed by atoms with Crippen molar-refractivity contribution in [2.75, 3.05) is 19.6 Å². The molecule has 2 heterocycles. The van der Waals surface area contributed by atoms with Crippen LogP contribution in [-0.4, -0.2) is 35.6 Å². The number of aromatic hydroxyl groups is 1. The molecule has 18 heavy (non-hydrogen) atoms. The molecule has 1 atom stereocenters. The first-order valence-corrected chi connectivity index (χ1v) is 5.90. The second-order valence-corrected chi connectivity index (χ2v) is 4.27. The summed E-state index contributed by atoms with van der Waals surface area (Å²) in [6, 6.07) is 3.05. The number of hydrogen-bond donors (Lipinski definition) is 3. The van der Waals surface area contributed by atoms with Crippen LogP contribution in [0.4, 0.5) is 0 Å². The van der Waals surface area contributed by atoms with E-state index in [0.29, 0.717) is 12.5 Å². The lowest BCUT2D eigenvalue weighted by Gasteiger charge is -2.09. The topological polar surface area (TPSA) is 74.2 Å². The summed E-state index contributed by atoms with van der Waals surface area (Å²) in [5.74, 6) is 0.259. The Balaban J connectivity index is 0.00000162. The summed E-state index contributed by atoms with van der Waals surface area (Å²) >= 11 is 0. The highest BCUT2D eigenvalue weighted by atomic mass is 35.5. The van der Waals surface area contributed by atoms with Crippen molar-refractivity contribution in [3.63, 3.8) is 0 Å². The van der Waals surface area contributed by atoms with E-state index >= 15 is 0 Å². The quantitative estimate of drug-likeness (QED) is 0.762. The Hall–Kier alpha value is -1.33. The maximum Gasteiger partial charge on any atom is 0.273 e. The van der Waals surface area contributed by atoms with Gasteiger partial charge in [0.2, 0.25) is 0 Å². The van der Waals surface area contributed by atoms with Crippen LogP contribution in [0.1, 0.15) is 23.3 Å². The molecule has 1 saturated heterocycles. The molecule has 1 aromatic rings. The Morgan fingerprint density at radius 2 is 2.44 bits per heavy atom. The summed E-state index contributed by atoms with van der Waals surface area (Å²) in [5.41, 5.74) is 0.0945. The Labute approximate surface area is 112 Å². The molecule has 0 bridgehead atoms. The van der Waals surface area contributed by atoms with E-state index in [1.54, 1.807) is 6.07 Å². The van der Waals surface area contributed by atoms with Gasteiger partial charge in [0, 0.05) is 12.7 Å². The molecule has 1 unspecified atom stereocenters. The minimum atomic E-state index is -0.311. The Kier molecular flexibility index (Phi) is 5.88. The normalized spacial score (nSPS) is 18.1. The monoisotopic (exact) mass is 271 g/mol. The molecule has 6 heteroatoms. The summed E-state index contributed by atoms with van der Waals surface area (Å²) in [6.07, 6.45) is 3.63. The van der Waals surface area contributed by atoms with Gasteiger partial charge in [-0.05, 0) is 44.0 Å². The minimum Gasteiger partial charge on any atom is -0.505 e. The molecular formula is C12H18ClN3O2. The third-order valence-corrected chi connectivity index (χ3v) is 3.00. The van der Waals surface area contributed by atoms with Gasteiger partial charge in [-0.1, -0.05) is 0 Å².